The molecule has 3 amide bonds. The third kappa shape index (κ3) is 6.10. The fourth-order valence-corrected chi connectivity index (χ4v) is 4.71. The summed E-state index contributed by atoms with van der Waals surface area (Å²) >= 11 is 0. The molecule has 2 heterocycles. The van der Waals surface area contributed by atoms with E-state index in [9.17, 15) is 14.4 Å². The predicted molar refractivity (Wildman–Crippen MR) is 144 cm³/mol. The maximum absolute atomic E-state index is 13.3. The fourth-order valence-electron chi connectivity index (χ4n) is 4.71. The van der Waals surface area contributed by atoms with Gasteiger partial charge in [-0.1, -0.05) is 0 Å². The summed E-state index contributed by atoms with van der Waals surface area (Å²) in [4.78, 5) is 44.2. The second-order valence-corrected chi connectivity index (χ2v) is 9.10. The van der Waals surface area contributed by atoms with Crippen LogP contribution in [0.15, 0.2) is 36.4 Å². The molecule has 2 fully saturated rings. The second-order valence-electron chi connectivity index (χ2n) is 9.10. The molecule has 2 saturated heterocycles. The average Bonchev–Trinajstić information content (AvgIpc) is 3.25. The first-order valence-corrected chi connectivity index (χ1v) is 12.7. The van der Waals surface area contributed by atoms with Gasteiger partial charge in [-0.25, -0.2) is 4.79 Å². The van der Waals surface area contributed by atoms with Crippen LogP contribution >= 0.6 is 0 Å². The van der Waals surface area contributed by atoms with Crippen molar-refractivity contribution in [2.75, 3.05) is 83.9 Å². The standard InChI is InChI=1S/C27H35N5O6/c1-36-23-8-6-19(18-24(23)37-2)25(33)29-21-17-20(26(34)31-11-4-9-28-10-12-31)5-7-22(21)30-13-15-32(16-14-30)27(35)38-3/h5-8,17-18,28H,4,9-16H2,1-3H3,(H,29,33). The number of nitrogens with one attached hydrogen (secondary N) is 2. The number of carbonyl (C=O) groups is 3. The Kier molecular flexibility index (Phi) is 8.90. The first-order chi connectivity index (χ1) is 18.4. The molecule has 2 aliphatic rings. The minimum atomic E-state index is -0.362. The topological polar surface area (TPSA) is 113 Å². The number of nitrogens with zero attached hydrogens (tertiary/aromatic N) is 3. The molecule has 2 N–H and O–H groups in total. The lowest BCUT2D eigenvalue weighted by Crippen LogP contribution is -2.49. The van der Waals surface area contributed by atoms with Gasteiger partial charge >= 0.3 is 6.09 Å². The molecule has 0 aliphatic carbocycles. The maximum Gasteiger partial charge on any atom is 0.409 e. The summed E-state index contributed by atoms with van der Waals surface area (Å²) in [6.07, 6.45) is 0.525. The Morgan fingerprint density at radius 1 is 0.789 bits per heavy atom. The van der Waals surface area contributed by atoms with Gasteiger partial charge in [-0.15, -0.1) is 0 Å². The van der Waals surface area contributed by atoms with Crippen molar-refractivity contribution in [2.45, 2.75) is 6.42 Å². The highest BCUT2D eigenvalue weighted by atomic mass is 16.5. The van der Waals surface area contributed by atoms with Crippen LogP contribution in [-0.2, 0) is 4.74 Å². The van der Waals surface area contributed by atoms with Crippen LogP contribution in [0.4, 0.5) is 16.2 Å². The van der Waals surface area contributed by atoms with E-state index in [1.54, 1.807) is 35.2 Å². The summed E-state index contributed by atoms with van der Waals surface area (Å²) in [5, 5.41) is 6.31. The Morgan fingerprint density at radius 3 is 2.24 bits per heavy atom. The first-order valence-electron chi connectivity index (χ1n) is 12.7. The van der Waals surface area contributed by atoms with Crippen LogP contribution in [0.5, 0.6) is 11.5 Å². The van der Waals surface area contributed by atoms with E-state index in [0.29, 0.717) is 67.6 Å². The van der Waals surface area contributed by atoms with E-state index in [1.165, 1.54) is 21.3 Å². The van der Waals surface area contributed by atoms with E-state index in [2.05, 4.69) is 15.5 Å². The SMILES string of the molecule is COC(=O)N1CCN(c2ccc(C(=O)N3CCCNCC3)cc2NC(=O)c2ccc(OC)c(OC)c2)CC1. The van der Waals surface area contributed by atoms with Crippen molar-refractivity contribution in [2.24, 2.45) is 0 Å². The Hall–Kier alpha value is -3.99. The van der Waals surface area contributed by atoms with Crippen LogP contribution in [0.25, 0.3) is 0 Å². The van der Waals surface area contributed by atoms with Crippen LogP contribution in [0.1, 0.15) is 27.1 Å². The summed E-state index contributed by atoms with van der Waals surface area (Å²) in [6, 6.07) is 10.3. The van der Waals surface area contributed by atoms with Crippen molar-refractivity contribution in [3.05, 3.63) is 47.5 Å². The normalized spacial score (nSPS) is 15.9. The van der Waals surface area contributed by atoms with Gasteiger partial charge in [-0.05, 0) is 49.4 Å². The van der Waals surface area contributed by atoms with Gasteiger partial charge in [0.2, 0.25) is 0 Å². The monoisotopic (exact) mass is 525 g/mol. The second kappa shape index (κ2) is 12.5. The Labute approximate surface area is 222 Å². The number of hydrogen-bond acceptors (Lipinski definition) is 8. The maximum atomic E-state index is 13.3. The molecule has 0 radical (unpaired) electrons. The lowest BCUT2D eigenvalue weighted by atomic mass is 10.1. The van der Waals surface area contributed by atoms with E-state index in [-0.39, 0.29) is 17.9 Å². The fraction of sp³-hybridized carbons (Fsp3) is 0.444. The number of benzene rings is 2. The molecule has 0 spiro atoms. The smallest absolute Gasteiger partial charge is 0.409 e. The zero-order valence-electron chi connectivity index (χ0n) is 22.1. The van der Waals surface area contributed by atoms with Crippen LogP contribution < -0.4 is 25.0 Å². The van der Waals surface area contributed by atoms with E-state index >= 15 is 0 Å². The molecule has 204 valence electrons. The van der Waals surface area contributed by atoms with Crippen molar-refractivity contribution in [3.63, 3.8) is 0 Å². The summed E-state index contributed by atoms with van der Waals surface area (Å²) < 4.78 is 15.5. The highest BCUT2D eigenvalue weighted by molar-refractivity contribution is 6.07. The third-order valence-electron chi connectivity index (χ3n) is 6.82. The van der Waals surface area contributed by atoms with Gasteiger partial charge in [0.1, 0.15) is 0 Å². The van der Waals surface area contributed by atoms with Crippen molar-refractivity contribution < 1.29 is 28.6 Å². The zero-order chi connectivity index (χ0) is 27.1. The third-order valence-corrected chi connectivity index (χ3v) is 6.82. The molecule has 0 aromatic heterocycles. The number of rotatable bonds is 6. The van der Waals surface area contributed by atoms with E-state index < -0.39 is 0 Å². The number of anilines is 2. The minimum Gasteiger partial charge on any atom is -0.493 e. The highest BCUT2D eigenvalue weighted by Crippen LogP contribution is 2.31. The van der Waals surface area contributed by atoms with Crippen molar-refractivity contribution >= 4 is 29.3 Å². The molecule has 38 heavy (non-hydrogen) atoms. The quantitative estimate of drug-likeness (QED) is 0.591. The average molecular weight is 526 g/mol. The molecule has 0 bridgehead atoms. The van der Waals surface area contributed by atoms with Gasteiger partial charge in [-0.2, -0.15) is 0 Å². The summed E-state index contributed by atoms with van der Waals surface area (Å²) in [5.74, 6) is 0.548. The van der Waals surface area contributed by atoms with Gasteiger partial charge in [-0.3, -0.25) is 9.59 Å². The number of methoxy groups -OCH3 is 3. The van der Waals surface area contributed by atoms with Crippen molar-refractivity contribution in [3.8, 4) is 11.5 Å². The van der Waals surface area contributed by atoms with Crippen LogP contribution in [0, 0.1) is 0 Å². The summed E-state index contributed by atoms with van der Waals surface area (Å²) in [5.41, 5.74) is 2.19. The Balaban J connectivity index is 1.62. The Bertz CT molecular complexity index is 1160. The largest absolute Gasteiger partial charge is 0.493 e. The zero-order valence-corrected chi connectivity index (χ0v) is 22.1. The summed E-state index contributed by atoms with van der Waals surface area (Å²) in [6.45, 7) is 5.01. The number of hydrogen-bond donors (Lipinski definition) is 2. The van der Waals surface area contributed by atoms with Crippen LogP contribution in [-0.4, -0.2) is 101 Å². The molecule has 4 rings (SSSR count). The molecular formula is C27H35N5O6. The van der Waals surface area contributed by atoms with Gasteiger partial charge in [0.25, 0.3) is 11.8 Å². The number of amides is 3. The van der Waals surface area contributed by atoms with E-state index in [1.807, 2.05) is 11.0 Å². The van der Waals surface area contributed by atoms with Gasteiger partial charge < -0.3 is 39.5 Å². The highest BCUT2D eigenvalue weighted by Gasteiger charge is 2.25. The molecule has 11 nitrogen and oxygen atoms in total. The van der Waals surface area contributed by atoms with Crippen LogP contribution in [0.3, 0.4) is 0 Å². The molecule has 11 heteroatoms. The molecule has 0 saturated carbocycles. The molecular weight excluding hydrogens is 490 g/mol. The number of carbonyl (C=O) groups excluding carboxylic acids is 3. The van der Waals surface area contributed by atoms with Gasteiger partial charge in [0, 0.05) is 56.9 Å². The van der Waals surface area contributed by atoms with E-state index in [0.717, 1.165) is 25.2 Å². The summed E-state index contributed by atoms with van der Waals surface area (Å²) in [7, 11) is 4.42. The van der Waals surface area contributed by atoms with Crippen LogP contribution in [0.2, 0.25) is 0 Å². The molecule has 0 atom stereocenters. The number of ether oxygens (including phenoxy) is 3. The van der Waals surface area contributed by atoms with Crippen molar-refractivity contribution in [1.82, 2.24) is 15.1 Å². The van der Waals surface area contributed by atoms with Gasteiger partial charge in [0.05, 0.1) is 32.7 Å². The molecule has 2 aromatic rings. The lowest BCUT2D eigenvalue weighted by molar-refractivity contribution is 0.0766. The van der Waals surface area contributed by atoms with Gasteiger partial charge in [0.15, 0.2) is 11.5 Å². The number of piperazine rings is 1. The predicted octanol–water partition coefficient (Wildman–Crippen LogP) is 2.28. The Morgan fingerprint density at radius 2 is 1.53 bits per heavy atom. The lowest BCUT2D eigenvalue weighted by Gasteiger charge is -2.36. The minimum absolute atomic E-state index is 0.0719. The van der Waals surface area contributed by atoms with Crippen molar-refractivity contribution in [1.29, 1.82) is 0 Å². The molecule has 2 aromatic carbocycles. The first kappa shape index (κ1) is 27.1. The molecule has 0 unspecified atom stereocenters. The van der Waals surface area contributed by atoms with E-state index in [4.69, 9.17) is 14.2 Å². The molecule has 2 aliphatic heterocycles.